The lowest BCUT2D eigenvalue weighted by atomic mass is 10.1. The minimum Gasteiger partial charge on any atom is -0.439 e. The predicted octanol–water partition coefficient (Wildman–Crippen LogP) is 6.48. The third kappa shape index (κ3) is 6.47. The number of nitrogens with zero attached hydrogens (tertiary/aromatic N) is 1. The molecule has 4 nitrogen and oxygen atoms in total. The van der Waals surface area contributed by atoms with Crippen molar-refractivity contribution in [1.82, 2.24) is 4.98 Å². The Bertz CT molecular complexity index is 1040. The number of amides is 1. The number of rotatable bonds is 6. The van der Waals surface area contributed by atoms with Gasteiger partial charge in [-0.15, -0.1) is 0 Å². The van der Waals surface area contributed by atoms with E-state index >= 15 is 0 Å². The minimum absolute atomic E-state index is 0.00155. The van der Waals surface area contributed by atoms with Gasteiger partial charge in [0.25, 0.3) is 0 Å². The molecule has 0 aliphatic heterocycles. The molecule has 1 heterocycles. The van der Waals surface area contributed by atoms with Gasteiger partial charge >= 0.3 is 12.4 Å². The maximum absolute atomic E-state index is 12.6. The molecule has 10 heteroatoms. The van der Waals surface area contributed by atoms with Crippen molar-refractivity contribution >= 4 is 11.6 Å². The molecule has 0 radical (unpaired) electrons. The van der Waals surface area contributed by atoms with Crippen molar-refractivity contribution in [2.45, 2.75) is 25.2 Å². The summed E-state index contributed by atoms with van der Waals surface area (Å²) in [6.07, 6.45) is -7.78. The predicted molar refractivity (Wildman–Crippen MR) is 104 cm³/mol. The number of hydrogen-bond acceptors (Lipinski definition) is 3. The summed E-state index contributed by atoms with van der Waals surface area (Å²) in [5.41, 5.74) is -0.629. The molecule has 3 rings (SSSR count). The number of carbonyl (C=O) groups is 1. The van der Waals surface area contributed by atoms with E-state index in [9.17, 15) is 31.1 Å². The summed E-state index contributed by atoms with van der Waals surface area (Å²) < 4.78 is 80.7. The Morgan fingerprint density at radius 3 is 1.94 bits per heavy atom. The lowest BCUT2D eigenvalue weighted by Gasteiger charge is -2.09. The molecule has 0 fully saturated rings. The van der Waals surface area contributed by atoms with Crippen LogP contribution in [0.1, 0.15) is 23.1 Å². The first-order valence-corrected chi connectivity index (χ1v) is 9.28. The van der Waals surface area contributed by atoms with Crippen molar-refractivity contribution in [2.24, 2.45) is 0 Å². The van der Waals surface area contributed by atoms with Gasteiger partial charge in [-0.3, -0.25) is 4.79 Å². The number of carbonyl (C=O) groups excluding carboxylic acids is 1. The Kier molecular flexibility index (Phi) is 6.71. The molecule has 0 aliphatic rings. The Morgan fingerprint density at radius 1 is 0.812 bits per heavy atom. The second-order valence-corrected chi connectivity index (χ2v) is 6.75. The maximum Gasteiger partial charge on any atom is 0.417 e. The first-order chi connectivity index (χ1) is 15.0. The zero-order valence-electron chi connectivity index (χ0n) is 16.3. The number of aromatic nitrogens is 1. The van der Waals surface area contributed by atoms with Crippen LogP contribution in [0.15, 0.2) is 66.9 Å². The van der Waals surface area contributed by atoms with Crippen LogP contribution in [-0.2, 0) is 23.6 Å². The van der Waals surface area contributed by atoms with Gasteiger partial charge in [-0.2, -0.15) is 26.3 Å². The molecule has 0 atom stereocenters. The van der Waals surface area contributed by atoms with E-state index in [-0.39, 0.29) is 23.9 Å². The van der Waals surface area contributed by atoms with Crippen LogP contribution in [0.4, 0.5) is 32.0 Å². The minimum atomic E-state index is -4.48. The number of aryl methyl sites for hydroxylation is 1. The number of ether oxygens (including phenoxy) is 1. The van der Waals surface area contributed by atoms with Crippen LogP contribution in [-0.4, -0.2) is 10.9 Å². The van der Waals surface area contributed by atoms with Gasteiger partial charge in [-0.25, -0.2) is 4.98 Å². The van der Waals surface area contributed by atoms with Gasteiger partial charge in [0.2, 0.25) is 11.8 Å². The molecule has 0 saturated carbocycles. The molecular weight excluding hydrogens is 438 g/mol. The number of hydrogen-bond donors (Lipinski definition) is 1. The monoisotopic (exact) mass is 454 g/mol. The molecule has 0 aliphatic carbocycles. The maximum atomic E-state index is 12.6. The summed E-state index contributed by atoms with van der Waals surface area (Å²) >= 11 is 0. The van der Waals surface area contributed by atoms with Gasteiger partial charge in [0.1, 0.15) is 5.75 Å². The molecule has 1 amide bonds. The van der Waals surface area contributed by atoms with E-state index in [0.717, 1.165) is 29.8 Å². The van der Waals surface area contributed by atoms with Gasteiger partial charge in [0, 0.05) is 24.4 Å². The van der Waals surface area contributed by atoms with Crippen molar-refractivity contribution in [3.05, 3.63) is 83.6 Å². The second-order valence-electron chi connectivity index (χ2n) is 6.75. The SMILES string of the molecule is O=C(CCc1ccc(Oc2ccc(C(F)(F)F)cn2)cc1)Nc1ccc(C(F)(F)F)cc1. The largest absolute Gasteiger partial charge is 0.439 e. The third-order valence-corrected chi connectivity index (χ3v) is 4.35. The van der Waals surface area contributed by atoms with Crippen LogP contribution in [0.2, 0.25) is 0 Å². The third-order valence-electron chi connectivity index (χ3n) is 4.35. The van der Waals surface area contributed by atoms with Gasteiger partial charge in [-0.1, -0.05) is 12.1 Å². The quantitative estimate of drug-likeness (QED) is 0.434. The fourth-order valence-electron chi connectivity index (χ4n) is 2.68. The molecule has 1 N–H and O–H groups in total. The number of alkyl halides is 6. The van der Waals surface area contributed by atoms with E-state index in [1.165, 1.54) is 12.1 Å². The van der Waals surface area contributed by atoms with Crippen LogP contribution >= 0.6 is 0 Å². The zero-order chi connectivity index (χ0) is 23.4. The van der Waals surface area contributed by atoms with E-state index in [4.69, 9.17) is 4.74 Å². The smallest absolute Gasteiger partial charge is 0.417 e. The van der Waals surface area contributed by atoms with E-state index in [1.807, 2.05) is 0 Å². The lowest BCUT2D eigenvalue weighted by Crippen LogP contribution is -2.12. The molecule has 0 bridgehead atoms. The Morgan fingerprint density at radius 2 is 1.41 bits per heavy atom. The summed E-state index contributed by atoms with van der Waals surface area (Å²) in [6.45, 7) is 0. The highest BCUT2D eigenvalue weighted by atomic mass is 19.4. The number of anilines is 1. The normalized spacial score (nSPS) is 11.8. The van der Waals surface area contributed by atoms with E-state index in [0.29, 0.717) is 18.4 Å². The van der Waals surface area contributed by atoms with Crippen LogP contribution in [0, 0.1) is 0 Å². The van der Waals surface area contributed by atoms with Gasteiger partial charge in [0.05, 0.1) is 11.1 Å². The average molecular weight is 454 g/mol. The van der Waals surface area contributed by atoms with Crippen LogP contribution in [0.5, 0.6) is 11.6 Å². The highest BCUT2D eigenvalue weighted by Crippen LogP contribution is 2.31. The fourth-order valence-corrected chi connectivity index (χ4v) is 2.68. The average Bonchev–Trinajstić information content (AvgIpc) is 2.73. The molecule has 0 saturated heterocycles. The van der Waals surface area contributed by atoms with Crippen molar-refractivity contribution in [2.75, 3.05) is 5.32 Å². The van der Waals surface area contributed by atoms with Crippen LogP contribution in [0.25, 0.3) is 0 Å². The molecule has 1 aromatic heterocycles. The summed E-state index contributed by atoms with van der Waals surface area (Å²) in [5.74, 6) is -0.00377. The Hall–Kier alpha value is -3.56. The van der Waals surface area contributed by atoms with Gasteiger partial charge in [-0.05, 0) is 54.4 Å². The molecule has 3 aromatic rings. The highest BCUT2D eigenvalue weighted by Gasteiger charge is 2.31. The molecule has 0 unspecified atom stereocenters. The van der Waals surface area contributed by atoms with Crippen molar-refractivity contribution < 1.29 is 35.9 Å². The summed E-state index contributed by atoms with van der Waals surface area (Å²) in [7, 11) is 0. The molecule has 0 spiro atoms. The number of benzene rings is 2. The summed E-state index contributed by atoms with van der Waals surface area (Å²) in [4.78, 5) is 15.7. The summed E-state index contributed by atoms with van der Waals surface area (Å²) in [5, 5.41) is 2.53. The second kappa shape index (κ2) is 9.29. The van der Waals surface area contributed by atoms with E-state index in [2.05, 4.69) is 10.3 Å². The Labute approximate surface area is 178 Å². The number of nitrogens with one attached hydrogen (secondary N) is 1. The highest BCUT2D eigenvalue weighted by molar-refractivity contribution is 5.90. The topological polar surface area (TPSA) is 51.2 Å². The standard InChI is InChI=1S/C22H16F6N2O2/c23-21(24,25)15-4-7-17(8-5-15)30-19(31)11-3-14-1-9-18(10-2-14)32-20-12-6-16(13-29-20)22(26,27)28/h1-2,4-10,12-13H,3,11H2,(H,30,31). The fraction of sp³-hybridized carbons (Fsp3) is 0.182. The molecule has 2 aromatic carbocycles. The first-order valence-electron chi connectivity index (χ1n) is 9.28. The number of halogens is 6. The van der Waals surface area contributed by atoms with Crippen LogP contribution in [0.3, 0.4) is 0 Å². The molecule has 32 heavy (non-hydrogen) atoms. The number of pyridine rings is 1. The van der Waals surface area contributed by atoms with E-state index < -0.39 is 23.5 Å². The van der Waals surface area contributed by atoms with Crippen LogP contribution < -0.4 is 10.1 Å². The van der Waals surface area contributed by atoms with Gasteiger partial charge in [0.15, 0.2) is 0 Å². The van der Waals surface area contributed by atoms with Crippen molar-refractivity contribution in [1.29, 1.82) is 0 Å². The summed E-state index contributed by atoms with van der Waals surface area (Å²) in [6, 6.07) is 12.7. The van der Waals surface area contributed by atoms with Crippen molar-refractivity contribution in [3.8, 4) is 11.6 Å². The first kappa shape index (κ1) is 23.1. The zero-order valence-corrected chi connectivity index (χ0v) is 16.3. The Balaban J connectivity index is 1.49. The molecular formula is C22H16F6N2O2. The van der Waals surface area contributed by atoms with Crippen molar-refractivity contribution in [3.63, 3.8) is 0 Å². The molecule has 168 valence electrons. The van der Waals surface area contributed by atoms with E-state index in [1.54, 1.807) is 24.3 Å². The van der Waals surface area contributed by atoms with Gasteiger partial charge < -0.3 is 10.1 Å². The lowest BCUT2D eigenvalue weighted by molar-refractivity contribution is -0.138.